The molecule has 0 aliphatic rings. The fraction of sp³-hybridized carbons (Fsp3) is 0.958. The van der Waals surface area contributed by atoms with E-state index in [0.29, 0.717) is 18.4 Å². The molecule has 0 bridgehead atoms. The summed E-state index contributed by atoms with van der Waals surface area (Å²) >= 11 is 0. The van der Waals surface area contributed by atoms with E-state index >= 15 is 0 Å². The number of unbranched alkanes of at least 4 members (excludes halogenated alkanes) is 8. The molecule has 1 N–H and O–H groups in total. The molecule has 3 nitrogen and oxygen atoms in total. The molecule has 0 fully saturated rings. The SMILES string of the molecule is CC(C)COC(=O)C(C)C.CCCCCCCCCCCC(C)CC(C)O. The highest BCUT2D eigenvalue weighted by molar-refractivity contribution is 5.71. The van der Waals surface area contributed by atoms with E-state index < -0.39 is 0 Å². The van der Waals surface area contributed by atoms with Gasteiger partial charge >= 0.3 is 5.97 Å². The van der Waals surface area contributed by atoms with Crippen LogP contribution in [-0.4, -0.2) is 23.8 Å². The van der Waals surface area contributed by atoms with Gasteiger partial charge in [-0.15, -0.1) is 0 Å². The van der Waals surface area contributed by atoms with Gasteiger partial charge in [0.2, 0.25) is 0 Å². The maximum atomic E-state index is 10.8. The van der Waals surface area contributed by atoms with Crippen molar-refractivity contribution in [3.8, 4) is 0 Å². The zero-order valence-electron chi connectivity index (χ0n) is 19.6. The number of hydrogen-bond acceptors (Lipinski definition) is 3. The number of carbonyl (C=O) groups is 1. The third-order valence-electron chi connectivity index (χ3n) is 4.57. The lowest BCUT2D eigenvalue weighted by Crippen LogP contribution is -2.14. The van der Waals surface area contributed by atoms with Crippen molar-refractivity contribution in [3.05, 3.63) is 0 Å². The summed E-state index contributed by atoms with van der Waals surface area (Å²) in [6.07, 6.45) is 14.8. The summed E-state index contributed by atoms with van der Waals surface area (Å²) in [6, 6.07) is 0. The third kappa shape index (κ3) is 25.4. The minimum atomic E-state index is -0.122. The van der Waals surface area contributed by atoms with Gasteiger partial charge in [-0.05, 0) is 25.2 Å². The molecule has 2 atom stereocenters. The van der Waals surface area contributed by atoms with E-state index in [9.17, 15) is 9.90 Å². The minimum Gasteiger partial charge on any atom is -0.465 e. The van der Waals surface area contributed by atoms with Crippen LogP contribution in [0.3, 0.4) is 0 Å². The topological polar surface area (TPSA) is 46.5 Å². The second kappa shape index (κ2) is 20.2. The van der Waals surface area contributed by atoms with Crippen LogP contribution in [0.2, 0.25) is 0 Å². The van der Waals surface area contributed by atoms with E-state index in [0.717, 1.165) is 6.42 Å². The number of esters is 1. The average molecular weight is 387 g/mol. The lowest BCUT2D eigenvalue weighted by molar-refractivity contribution is -0.148. The normalized spacial score (nSPS) is 13.3. The zero-order chi connectivity index (χ0) is 21.1. The van der Waals surface area contributed by atoms with Crippen molar-refractivity contribution in [1.82, 2.24) is 0 Å². The first-order chi connectivity index (χ1) is 12.7. The summed E-state index contributed by atoms with van der Waals surface area (Å²) in [5.41, 5.74) is 0. The number of aliphatic hydroxyl groups is 1. The Morgan fingerprint density at radius 3 is 1.70 bits per heavy atom. The highest BCUT2D eigenvalue weighted by atomic mass is 16.5. The number of carbonyl (C=O) groups excluding carboxylic acids is 1. The van der Waals surface area contributed by atoms with Crippen molar-refractivity contribution in [2.24, 2.45) is 17.8 Å². The van der Waals surface area contributed by atoms with Gasteiger partial charge in [-0.2, -0.15) is 0 Å². The number of ether oxygens (including phenoxy) is 1. The van der Waals surface area contributed by atoms with Crippen LogP contribution in [0.1, 0.15) is 119 Å². The minimum absolute atomic E-state index is 0.00116. The van der Waals surface area contributed by atoms with Crippen molar-refractivity contribution in [1.29, 1.82) is 0 Å². The molecular formula is C24H50O3. The van der Waals surface area contributed by atoms with E-state index in [2.05, 4.69) is 13.8 Å². The summed E-state index contributed by atoms with van der Waals surface area (Å²) in [5.74, 6) is 1.02. The zero-order valence-corrected chi connectivity index (χ0v) is 19.6. The molecule has 164 valence electrons. The van der Waals surface area contributed by atoms with Gasteiger partial charge in [-0.1, -0.05) is 106 Å². The smallest absolute Gasteiger partial charge is 0.308 e. The van der Waals surface area contributed by atoms with E-state index in [4.69, 9.17) is 4.74 Å². The largest absolute Gasteiger partial charge is 0.465 e. The van der Waals surface area contributed by atoms with Gasteiger partial charge in [0.25, 0.3) is 0 Å². The lowest BCUT2D eigenvalue weighted by Gasteiger charge is -2.12. The first kappa shape index (κ1) is 28.6. The first-order valence-corrected chi connectivity index (χ1v) is 11.5. The van der Waals surface area contributed by atoms with Gasteiger partial charge in [0.1, 0.15) is 0 Å². The van der Waals surface area contributed by atoms with E-state index in [1.807, 2.05) is 34.6 Å². The third-order valence-corrected chi connectivity index (χ3v) is 4.57. The Hall–Kier alpha value is -0.570. The molecular weight excluding hydrogens is 336 g/mol. The molecule has 0 aromatic heterocycles. The van der Waals surface area contributed by atoms with Gasteiger partial charge < -0.3 is 9.84 Å². The van der Waals surface area contributed by atoms with Crippen molar-refractivity contribution in [3.63, 3.8) is 0 Å². The lowest BCUT2D eigenvalue weighted by atomic mass is 9.97. The van der Waals surface area contributed by atoms with Crippen molar-refractivity contribution in [2.75, 3.05) is 6.61 Å². The molecule has 0 aromatic carbocycles. The number of rotatable bonds is 15. The van der Waals surface area contributed by atoms with Crippen molar-refractivity contribution in [2.45, 2.75) is 125 Å². The number of hydrogen-bond donors (Lipinski definition) is 1. The molecule has 0 rings (SSSR count). The van der Waals surface area contributed by atoms with Gasteiger partial charge in [0.05, 0.1) is 18.6 Å². The van der Waals surface area contributed by atoms with Crippen LogP contribution < -0.4 is 0 Å². The summed E-state index contributed by atoms with van der Waals surface area (Å²) in [7, 11) is 0. The molecule has 3 heteroatoms. The second-order valence-corrected chi connectivity index (χ2v) is 8.99. The Bertz CT molecular complexity index is 311. The highest BCUT2D eigenvalue weighted by Crippen LogP contribution is 2.16. The summed E-state index contributed by atoms with van der Waals surface area (Å²) in [5, 5.41) is 9.27. The summed E-state index contributed by atoms with van der Waals surface area (Å²) < 4.78 is 4.93. The first-order valence-electron chi connectivity index (χ1n) is 11.5. The van der Waals surface area contributed by atoms with Crippen LogP contribution in [0.25, 0.3) is 0 Å². The van der Waals surface area contributed by atoms with Gasteiger partial charge in [-0.25, -0.2) is 0 Å². The van der Waals surface area contributed by atoms with Gasteiger partial charge in [-0.3, -0.25) is 4.79 Å². The van der Waals surface area contributed by atoms with Crippen LogP contribution >= 0.6 is 0 Å². The summed E-state index contributed by atoms with van der Waals surface area (Å²) in [6.45, 7) is 14.7. The van der Waals surface area contributed by atoms with Crippen LogP contribution in [0.5, 0.6) is 0 Å². The predicted octanol–water partition coefficient (Wildman–Crippen LogP) is 7.16. The number of aliphatic hydroxyl groups excluding tert-OH is 1. The maximum absolute atomic E-state index is 10.8. The van der Waals surface area contributed by atoms with E-state index in [1.54, 1.807) is 0 Å². The Labute approximate surface area is 170 Å². The second-order valence-electron chi connectivity index (χ2n) is 8.99. The van der Waals surface area contributed by atoms with Crippen LogP contribution in [0, 0.1) is 17.8 Å². The van der Waals surface area contributed by atoms with E-state index in [-0.39, 0.29) is 18.0 Å². The summed E-state index contributed by atoms with van der Waals surface area (Å²) in [4.78, 5) is 10.8. The highest BCUT2D eigenvalue weighted by Gasteiger charge is 2.08. The molecule has 0 radical (unpaired) electrons. The molecule has 0 amide bonds. The van der Waals surface area contributed by atoms with Crippen LogP contribution in [0.15, 0.2) is 0 Å². The fourth-order valence-electron chi connectivity index (χ4n) is 2.92. The van der Waals surface area contributed by atoms with Crippen molar-refractivity contribution >= 4 is 5.97 Å². The standard InChI is InChI=1S/C16H34O.C8H16O2/c1-4-5-6-7-8-9-10-11-12-13-15(2)14-16(3)17;1-6(2)5-10-8(9)7(3)4/h15-17H,4-14H2,1-3H3;6-7H,5H2,1-4H3. The molecule has 0 heterocycles. The fourth-order valence-corrected chi connectivity index (χ4v) is 2.92. The molecule has 27 heavy (non-hydrogen) atoms. The maximum Gasteiger partial charge on any atom is 0.308 e. The molecule has 0 aliphatic heterocycles. The molecule has 0 aliphatic carbocycles. The van der Waals surface area contributed by atoms with Crippen LogP contribution in [0.4, 0.5) is 0 Å². The molecule has 0 saturated heterocycles. The van der Waals surface area contributed by atoms with Crippen molar-refractivity contribution < 1.29 is 14.6 Å². The molecule has 0 saturated carbocycles. The Morgan fingerprint density at radius 2 is 1.30 bits per heavy atom. The predicted molar refractivity (Wildman–Crippen MR) is 118 cm³/mol. The molecule has 2 unspecified atom stereocenters. The molecule has 0 spiro atoms. The Balaban J connectivity index is 0. The van der Waals surface area contributed by atoms with Gasteiger partial charge in [0, 0.05) is 0 Å². The van der Waals surface area contributed by atoms with Gasteiger partial charge in [0.15, 0.2) is 0 Å². The molecule has 0 aromatic rings. The Morgan fingerprint density at radius 1 is 0.815 bits per heavy atom. The average Bonchev–Trinajstić information content (AvgIpc) is 2.58. The monoisotopic (exact) mass is 386 g/mol. The van der Waals surface area contributed by atoms with E-state index in [1.165, 1.54) is 64.2 Å². The Kier molecular flexibility index (Phi) is 21.4. The van der Waals surface area contributed by atoms with Crippen LogP contribution in [-0.2, 0) is 9.53 Å². The quantitative estimate of drug-likeness (QED) is 0.240.